The molecule has 0 atom stereocenters. The van der Waals surface area contributed by atoms with Gasteiger partial charge < -0.3 is 19.5 Å². The average molecular weight is 422 g/mol. The lowest BCUT2D eigenvalue weighted by molar-refractivity contribution is 0.102. The zero-order valence-electron chi connectivity index (χ0n) is 15.1. The summed E-state index contributed by atoms with van der Waals surface area (Å²) >= 11 is 12.1. The summed E-state index contributed by atoms with van der Waals surface area (Å²) in [4.78, 5) is 12.4. The van der Waals surface area contributed by atoms with Crippen molar-refractivity contribution in [1.29, 1.82) is 0 Å². The Bertz CT molecular complexity index is 949. The molecular formula is C19H17Cl2N3O4. The van der Waals surface area contributed by atoms with Gasteiger partial charge in [-0.15, -0.1) is 0 Å². The van der Waals surface area contributed by atoms with E-state index in [9.17, 15) is 4.79 Å². The molecule has 0 bridgehead atoms. The Morgan fingerprint density at radius 3 is 2.25 bits per heavy atom. The number of para-hydroxylation sites is 2. The molecule has 1 N–H and O–H groups in total. The highest BCUT2D eigenvalue weighted by Gasteiger charge is 2.15. The van der Waals surface area contributed by atoms with Gasteiger partial charge in [-0.1, -0.05) is 35.3 Å². The van der Waals surface area contributed by atoms with Crippen LogP contribution in [0.5, 0.6) is 17.2 Å². The van der Waals surface area contributed by atoms with Crippen LogP contribution in [0.4, 0.5) is 5.69 Å². The number of nitrogens with one attached hydrogen (secondary N) is 1. The molecule has 0 fully saturated rings. The van der Waals surface area contributed by atoms with Gasteiger partial charge in [-0.3, -0.25) is 4.79 Å². The first-order valence-electron chi connectivity index (χ1n) is 8.16. The fourth-order valence-corrected chi connectivity index (χ4v) is 2.93. The Morgan fingerprint density at radius 1 is 1.04 bits per heavy atom. The van der Waals surface area contributed by atoms with Crippen LogP contribution in [-0.2, 0) is 6.73 Å². The third kappa shape index (κ3) is 4.32. The van der Waals surface area contributed by atoms with Crippen LogP contribution in [-0.4, -0.2) is 29.9 Å². The number of carbonyl (C=O) groups excluding carboxylic acids is 1. The third-order valence-electron chi connectivity index (χ3n) is 3.80. The van der Waals surface area contributed by atoms with Crippen molar-refractivity contribution in [3.63, 3.8) is 0 Å². The first-order chi connectivity index (χ1) is 13.5. The van der Waals surface area contributed by atoms with Gasteiger partial charge >= 0.3 is 0 Å². The van der Waals surface area contributed by atoms with Crippen molar-refractivity contribution in [3.8, 4) is 17.2 Å². The van der Waals surface area contributed by atoms with Crippen molar-refractivity contribution >= 4 is 34.8 Å². The van der Waals surface area contributed by atoms with Crippen LogP contribution < -0.4 is 19.5 Å². The molecule has 1 aromatic heterocycles. The topological polar surface area (TPSA) is 74.6 Å². The highest BCUT2D eigenvalue weighted by atomic mass is 35.5. The van der Waals surface area contributed by atoms with E-state index < -0.39 is 5.91 Å². The van der Waals surface area contributed by atoms with E-state index in [1.165, 1.54) is 18.9 Å². The Morgan fingerprint density at radius 2 is 1.64 bits per heavy atom. The van der Waals surface area contributed by atoms with Crippen molar-refractivity contribution in [1.82, 2.24) is 9.78 Å². The zero-order valence-corrected chi connectivity index (χ0v) is 16.6. The smallest absolute Gasteiger partial charge is 0.276 e. The molecule has 0 aliphatic heterocycles. The quantitative estimate of drug-likeness (QED) is 0.607. The number of anilines is 1. The van der Waals surface area contributed by atoms with Crippen LogP contribution in [0.25, 0.3) is 0 Å². The number of aromatic nitrogens is 2. The Balaban J connectivity index is 1.70. The molecule has 3 aromatic rings. The van der Waals surface area contributed by atoms with Crippen molar-refractivity contribution in [2.45, 2.75) is 6.73 Å². The number of ether oxygens (including phenoxy) is 3. The van der Waals surface area contributed by atoms with Gasteiger partial charge in [0.25, 0.3) is 5.91 Å². The predicted molar refractivity (Wildman–Crippen MR) is 107 cm³/mol. The van der Waals surface area contributed by atoms with Crippen LogP contribution in [0.2, 0.25) is 10.0 Å². The molecule has 0 radical (unpaired) electrons. The molecule has 7 nitrogen and oxygen atoms in total. The largest absolute Gasteiger partial charge is 0.493 e. The Kier molecular flexibility index (Phi) is 6.28. The van der Waals surface area contributed by atoms with Gasteiger partial charge in [0.2, 0.25) is 5.75 Å². The van der Waals surface area contributed by atoms with E-state index in [0.717, 1.165) is 0 Å². The number of rotatable bonds is 7. The van der Waals surface area contributed by atoms with Gasteiger partial charge in [-0.2, -0.15) is 5.10 Å². The maximum atomic E-state index is 12.4. The highest BCUT2D eigenvalue weighted by Crippen LogP contribution is 2.37. The van der Waals surface area contributed by atoms with Gasteiger partial charge in [0.05, 0.1) is 30.0 Å². The second kappa shape index (κ2) is 8.86. The molecule has 1 heterocycles. The molecule has 0 aliphatic carbocycles. The summed E-state index contributed by atoms with van der Waals surface area (Å²) in [5, 5.41) is 7.54. The van der Waals surface area contributed by atoms with E-state index >= 15 is 0 Å². The van der Waals surface area contributed by atoms with Crippen LogP contribution >= 0.6 is 23.2 Å². The minimum Gasteiger partial charge on any atom is -0.493 e. The summed E-state index contributed by atoms with van der Waals surface area (Å²) < 4.78 is 17.8. The number of amides is 1. The molecule has 1 amide bonds. The number of halogens is 2. The standard InChI is InChI=1S/C19H17Cl2N3O4/c1-26-15-7-4-8-16(27-2)18(15)28-11-24-10-9-14(23-24)19(25)22-17-12(20)5-3-6-13(17)21/h3-10H,11H2,1-2H3,(H,22,25). The number of benzene rings is 2. The van der Waals surface area contributed by atoms with Crippen molar-refractivity contribution in [3.05, 3.63) is 64.4 Å². The lowest BCUT2D eigenvalue weighted by Crippen LogP contribution is -2.15. The Hall–Kier alpha value is -2.90. The summed E-state index contributed by atoms with van der Waals surface area (Å²) in [6.07, 6.45) is 1.62. The second-order valence-corrected chi connectivity index (χ2v) is 6.37. The van der Waals surface area contributed by atoms with E-state index in [1.807, 2.05) is 0 Å². The van der Waals surface area contributed by atoms with Gasteiger partial charge in [0, 0.05) is 6.20 Å². The summed E-state index contributed by atoms with van der Waals surface area (Å²) in [7, 11) is 3.08. The van der Waals surface area contributed by atoms with E-state index in [2.05, 4.69) is 10.4 Å². The Labute approximate surface area is 171 Å². The maximum absolute atomic E-state index is 12.4. The molecular weight excluding hydrogens is 405 g/mol. The monoisotopic (exact) mass is 421 g/mol. The van der Waals surface area contributed by atoms with Crippen LogP contribution in [0.1, 0.15) is 10.5 Å². The minimum atomic E-state index is -0.441. The van der Waals surface area contributed by atoms with E-state index in [4.69, 9.17) is 37.4 Å². The number of nitrogens with zero attached hydrogens (tertiary/aromatic N) is 2. The first kappa shape index (κ1) is 19.9. The summed E-state index contributed by atoms with van der Waals surface area (Å²) in [5.74, 6) is 1.05. The predicted octanol–water partition coefficient (Wildman–Crippen LogP) is 4.50. The number of hydrogen-bond acceptors (Lipinski definition) is 5. The second-order valence-electron chi connectivity index (χ2n) is 5.56. The lowest BCUT2D eigenvalue weighted by Gasteiger charge is -2.13. The van der Waals surface area contributed by atoms with Crippen LogP contribution in [0.15, 0.2) is 48.7 Å². The fourth-order valence-electron chi connectivity index (χ4n) is 2.44. The van der Waals surface area contributed by atoms with Gasteiger partial charge in [0.15, 0.2) is 23.9 Å². The van der Waals surface area contributed by atoms with Crippen molar-refractivity contribution in [2.24, 2.45) is 0 Å². The molecule has 28 heavy (non-hydrogen) atoms. The molecule has 0 saturated heterocycles. The molecule has 2 aromatic carbocycles. The lowest BCUT2D eigenvalue weighted by atomic mass is 10.3. The van der Waals surface area contributed by atoms with Gasteiger partial charge in [-0.05, 0) is 30.3 Å². The van der Waals surface area contributed by atoms with E-state index in [1.54, 1.807) is 48.7 Å². The van der Waals surface area contributed by atoms with Crippen LogP contribution in [0, 0.1) is 0 Å². The third-order valence-corrected chi connectivity index (χ3v) is 4.43. The number of hydrogen-bond donors (Lipinski definition) is 1. The minimum absolute atomic E-state index is 0.0524. The molecule has 146 valence electrons. The summed E-state index contributed by atoms with van der Waals surface area (Å²) in [6.45, 7) is 0.0524. The summed E-state index contributed by atoms with van der Waals surface area (Å²) in [5.41, 5.74) is 0.520. The average Bonchev–Trinajstić information content (AvgIpc) is 3.18. The molecule has 9 heteroatoms. The number of carbonyl (C=O) groups is 1. The maximum Gasteiger partial charge on any atom is 0.276 e. The van der Waals surface area contributed by atoms with E-state index in [-0.39, 0.29) is 12.4 Å². The zero-order chi connectivity index (χ0) is 20.1. The van der Waals surface area contributed by atoms with E-state index in [0.29, 0.717) is 33.0 Å². The number of methoxy groups -OCH3 is 2. The fraction of sp³-hybridized carbons (Fsp3) is 0.158. The van der Waals surface area contributed by atoms with Gasteiger partial charge in [-0.25, -0.2) is 4.68 Å². The highest BCUT2D eigenvalue weighted by molar-refractivity contribution is 6.39. The molecule has 0 unspecified atom stereocenters. The SMILES string of the molecule is COc1cccc(OC)c1OCn1ccc(C(=O)Nc2c(Cl)cccc2Cl)n1. The first-order valence-corrected chi connectivity index (χ1v) is 8.91. The molecule has 3 rings (SSSR count). The molecule has 0 aliphatic rings. The molecule has 0 saturated carbocycles. The molecule has 0 spiro atoms. The van der Waals surface area contributed by atoms with Crippen molar-refractivity contribution in [2.75, 3.05) is 19.5 Å². The normalized spacial score (nSPS) is 10.4. The summed E-state index contributed by atoms with van der Waals surface area (Å²) in [6, 6.07) is 11.8. The van der Waals surface area contributed by atoms with Crippen molar-refractivity contribution < 1.29 is 19.0 Å². The van der Waals surface area contributed by atoms with Crippen LogP contribution in [0.3, 0.4) is 0 Å². The van der Waals surface area contributed by atoms with Gasteiger partial charge in [0.1, 0.15) is 0 Å².